The number of rotatable bonds is 5. The summed E-state index contributed by atoms with van der Waals surface area (Å²) in [4.78, 5) is 28.0. The highest BCUT2D eigenvalue weighted by Gasteiger charge is 2.25. The number of nitrogens with zero attached hydrogens (tertiary/aromatic N) is 1. The van der Waals surface area contributed by atoms with Gasteiger partial charge in [0.1, 0.15) is 0 Å². The van der Waals surface area contributed by atoms with Gasteiger partial charge in [-0.05, 0) is 34.6 Å². The Kier molecular flexibility index (Phi) is 5.10. The van der Waals surface area contributed by atoms with Crippen LogP contribution in [0.3, 0.4) is 0 Å². The van der Waals surface area contributed by atoms with Crippen molar-refractivity contribution in [3.63, 3.8) is 0 Å². The summed E-state index contributed by atoms with van der Waals surface area (Å²) in [6.07, 6.45) is -0.131. The van der Waals surface area contributed by atoms with E-state index in [1.807, 2.05) is 20.8 Å². The van der Waals surface area contributed by atoms with Crippen molar-refractivity contribution in [2.75, 3.05) is 0 Å². The quantitative estimate of drug-likeness (QED) is 0.778. The van der Waals surface area contributed by atoms with Crippen LogP contribution in [0.4, 0.5) is 4.79 Å². The number of hydrogen-bond donors (Lipinski definition) is 3. The van der Waals surface area contributed by atoms with Crippen LogP contribution in [0, 0.1) is 13.8 Å². The molecule has 7 heteroatoms. The molecule has 0 aliphatic heterocycles. The van der Waals surface area contributed by atoms with Crippen molar-refractivity contribution in [2.24, 2.45) is 0 Å². The number of carbonyl (C=O) groups is 2. The van der Waals surface area contributed by atoms with E-state index in [9.17, 15) is 9.59 Å². The molecule has 0 saturated carbocycles. The Morgan fingerprint density at radius 1 is 1.40 bits per heavy atom. The second-order valence-corrected chi connectivity index (χ2v) is 6.69. The summed E-state index contributed by atoms with van der Waals surface area (Å²) in [5.41, 5.74) is 0.110. The largest absolute Gasteiger partial charge is 0.481 e. The Morgan fingerprint density at radius 2 is 2.00 bits per heavy atom. The van der Waals surface area contributed by atoms with Crippen molar-refractivity contribution in [3.8, 4) is 0 Å². The lowest BCUT2D eigenvalue weighted by atomic mass is 10.0. The Morgan fingerprint density at radius 3 is 2.45 bits per heavy atom. The third-order valence-corrected chi connectivity index (χ3v) is 3.98. The summed E-state index contributed by atoms with van der Waals surface area (Å²) >= 11 is 1.55. The van der Waals surface area contributed by atoms with Gasteiger partial charge in [0.15, 0.2) is 0 Å². The number of aromatic nitrogens is 1. The summed E-state index contributed by atoms with van der Waals surface area (Å²) in [5, 5.41) is 15.2. The minimum Gasteiger partial charge on any atom is -0.481 e. The highest BCUT2D eigenvalue weighted by molar-refractivity contribution is 7.11. The lowest BCUT2D eigenvalue weighted by molar-refractivity contribution is -0.138. The zero-order valence-corrected chi connectivity index (χ0v) is 13.2. The van der Waals surface area contributed by atoms with E-state index in [0.29, 0.717) is 0 Å². The number of aliphatic carboxylic acids is 1. The maximum absolute atomic E-state index is 11.9. The van der Waals surface area contributed by atoms with E-state index in [0.717, 1.165) is 15.6 Å². The van der Waals surface area contributed by atoms with E-state index in [-0.39, 0.29) is 18.5 Å². The first kappa shape index (κ1) is 16.4. The summed E-state index contributed by atoms with van der Waals surface area (Å²) in [5.74, 6) is -0.947. The average Bonchev–Trinajstić information content (AvgIpc) is 2.54. The van der Waals surface area contributed by atoms with Gasteiger partial charge < -0.3 is 15.7 Å². The first-order chi connectivity index (χ1) is 9.10. The molecule has 1 heterocycles. The van der Waals surface area contributed by atoms with Gasteiger partial charge >= 0.3 is 12.0 Å². The van der Waals surface area contributed by atoms with E-state index in [1.54, 1.807) is 25.2 Å². The summed E-state index contributed by atoms with van der Waals surface area (Å²) in [6, 6.07) is -0.545. The summed E-state index contributed by atoms with van der Waals surface area (Å²) < 4.78 is 0. The van der Waals surface area contributed by atoms with Gasteiger partial charge in [-0.2, -0.15) is 0 Å². The molecule has 1 rings (SSSR count). The number of urea groups is 1. The molecule has 0 bridgehead atoms. The number of hydrogen-bond acceptors (Lipinski definition) is 4. The SMILES string of the molecule is Cc1nc(C)c(C(C)NC(=O)NC(C)(C)CC(=O)O)s1. The number of amides is 2. The number of carboxylic acids is 1. The molecular weight excluding hydrogens is 278 g/mol. The second-order valence-electron chi connectivity index (χ2n) is 5.46. The van der Waals surface area contributed by atoms with Crippen LogP contribution in [0.25, 0.3) is 0 Å². The molecule has 0 aliphatic rings. The third kappa shape index (κ3) is 4.80. The zero-order chi connectivity index (χ0) is 15.5. The first-order valence-corrected chi connectivity index (χ1v) is 7.17. The minimum atomic E-state index is -0.947. The third-order valence-electron chi connectivity index (χ3n) is 2.73. The van der Waals surface area contributed by atoms with Gasteiger partial charge in [-0.15, -0.1) is 11.3 Å². The molecule has 6 nitrogen and oxygen atoms in total. The van der Waals surface area contributed by atoms with Crippen molar-refractivity contribution in [1.82, 2.24) is 15.6 Å². The highest BCUT2D eigenvalue weighted by Crippen LogP contribution is 2.24. The van der Waals surface area contributed by atoms with E-state index in [1.165, 1.54) is 0 Å². The average molecular weight is 299 g/mol. The molecule has 0 spiro atoms. The maximum atomic E-state index is 11.9. The van der Waals surface area contributed by atoms with E-state index in [4.69, 9.17) is 5.11 Å². The smallest absolute Gasteiger partial charge is 0.315 e. The molecule has 1 unspecified atom stereocenters. The molecule has 3 N–H and O–H groups in total. The van der Waals surface area contributed by atoms with Gasteiger partial charge in [-0.1, -0.05) is 0 Å². The van der Waals surface area contributed by atoms with Gasteiger partial charge in [0, 0.05) is 10.4 Å². The number of thiazole rings is 1. The molecule has 2 amide bonds. The fraction of sp³-hybridized carbons (Fsp3) is 0.615. The number of aryl methyl sites for hydroxylation is 2. The summed E-state index contributed by atoms with van der Waals surface area (Å²) in [6.45, 7) is 9.05. The fourth-order valence-corrected chi connectivity index (χ4v) is 2.91. The minimum absolute atomic E-state index is 0.131. The molecular formula is C13H21N3O3S. The lowest BCUT2D eigenvalue weighted by Gasteiger charge is -2.25. The van der Waals surface area contributed by atoms with Crippen LogP contribution in [0.2, 0.25) is 0 Å². The molecule has 1 aromatic rings. The number of nitrogens with one attached hydrogen (secondary N) is 2. The van der Waals surface area contributed by atoms with Crippen LogP contribution in [0.1, 0.15) is 48.8 Å². The lowest BCUT2D eigenvalue weighted by Crippen LogP contribution is -2.49. The predicted molar refractivity (Wildman–Crippen MR) is 78.0 cm³/mol. The van der Waals surface area contributed by atoms with Crippen LogP contribution >= 0.6 is 11.3 Å². The van der Waals surface area contributed by atoms with Crippen molar-refractivity contribution in [3.05, 3.63) is 15.6 Å². The van der Waals surface area contributed by atoms with Crippen molar-refractivity contribution < 1.29 is 14.7 Å². The normalized spacial score (nSPS) is 12.8. The topological polar surface area (TPSA) is 91.3 Å². The molecule has 1 atom stereocenters. The Bertz CT molecular complexity index is 511. The van der Waals surface area contributed by atoms with Gasteiger partial charge in [0.05, 0.1) is 23.2 Å². The fourth-order valence-electron chi connectivity index (χ4n) is 1.98. The van der Waals surface area contributed by atoms with Crippen LogP contribution in [0.15, 0.2) is 0 Å². The highest BCUT2D eigenvalue weighted by atomic mass is 32.1. The molecule has 1 aromatic heterocycles. The molecule has 0 fully saturated rings. The number of carboxylic acid groups (broad SMARTS) is 1. The van der Waals surface area contributed by atoms with Gasteiger partial charge in [0.2, 0.25) is 0 Å². The standard InChI is InChI=1S/C13H21N3O3S/c1-7-11(20-9(3)14-7)8(2)15-12(19)16-13(4,5)6-10(17)18/h8H,6H2,1-5H3,(H,17,18)(H2,15,16,19). The van der Waals surface area contributed by atoms with Crippen molar-refractivity contribution in [2.45, 2.75) is 52.6 Å². The van der Waals surface area contributed by atoms with Crippen LogP contribution in [-0.4, -0.2) is 27.6 Å². The van der Waals surface area contributed by atoms with Crippen LogP contribution < -0.4 is 10.6 Å². The van der Waals surface area contributed by atoms with E-state index < -0.39 is 11.5 Å². The molecule has 0 radical (unpaired) electrons. The predicted octanol–water partition coefficient (Wildman–Crippen LogP) is 2.37. The molecule has 0 aromatic carbocycles. The molecule has 0 aliphatic carbocycles. The zero-order valence-electron chi connectivity index (χ0n) is 12.4. The van der Waals surface area contributed by atoms with Gasteiger partial charge in [-0.3, -0.25) is 4.79 Å². The Balaban J connectivity index is 2.62. The molecule has 0 saturated heterocycles. The van der Waals surface area contributed by atoms with Crippen LogP contribution in [0.5, 0.6) is 0 Å². The second kappa shape index (κ2) is 6.21. The van der Waals surface area contributed by atoms with Crippen molar-refractivity contribution >= 4 is 23.3 Å². The Labute approximate surface area is 122 Å². The molecule has 112 valence electrons. The first-order valence-electron chi connectivity index (χ1n) is 6.35. The maximum Gasteiger partial charge on any atom is 0.315 e. The van der Waals surface area contributed by atoms with E-state index >= 15 is 0 Å². The van der Waals surface area contributed by atoms with Crippen molar-refractivity contribution in [1.29, 1.82) is 0 Å². The number of carbonyl (C=O) groups excluding carboxylic acids is 1. The van der Waals surface area contributed by atoms with Gasteiger partial charge in [-0.25, -0.2) is 9.78 Å². The monoisotopic (exact) mass is 299 g/mol. The molecule has 20 heavy (non-hydrogen) atoms. The van der Waals surface area contributed by atoms with Gasteiger partial charge in [0.25, 0.3) is 0 Å². The Hall–Kier alpha value is -1.63. The van der Waals surface area contributed by atoms with E-state index in [2.05, 4.69) is 15.6 Å². The summed E-state index contributed by atoms with van der Waals surface area (Å²) in [7, 11) is 0. The van der Waals surface area contributed by atoms with Crippen LogP contribution in [-0.2, 0) is 4.79 Å².